The van der Waals surface area contributed by atoms with E-state index in [9.17, 15) is 4.79 Å². The van der Waals surface area contributed by atoms with E-state index in [1.165, 1.54) is 11.4 Å². The topological polar surface area (TPSA) is 46.9 Å². The fourth-order valence-electron chi connectivity index (χ4n) is 2.35. The first-order valence-corrected chi connectivity index (χ1v) is 7.17. The molecule has 0 spiro atoms. The van der Waals surface area contributed by atoms with Crippen molar-refractivity contribution in [3.05, 3.63) is 53.6 Å². The number of anilines is 1. The standard InChI is InChI=1S/C17H21N3O/c1-4-11-20-13(2)12-15(14(20)3)5-6-17(21)19-16-7-9-18-10-8-16/h5-10,12H,4,11H2,1-3H3,(H,18,19,21)/b6-5+. The number of nitrogens with one attached hydrogen (secondary N) is 1. The molecule has 2 aromatic heterocycles. The van der Waals surface area contributed by atoms with Crippen LogP contribution in [0.2, 0.25) is 0 Å². The number of hydrogen-bond donors (Lipinski definition) is 1. The van der Waals surface area contributed by atoms with Gasteiger partial charge in [0.05, 0.1) is 0 Å². The second-order valence-electron chi connectivity index (χ2n) is 5.04. The van der Waals surface area contributed by atoms with Crippen molar-refractivity contribution in [3.8, 4) is 0 Å². The van der Waals surface area contributed by atoms with E-state index in [0.717, 1.165) is 24.2 Å². The van der Waals surface area contributed by atoms with Crippen LogP contribution in [0.4, 0.5) is 5.69 Å². The second kappa shape index (κ2) is 6.88. The molecule has 110 valence electrons. The van der Waals surface area contributed by atoms with Gasteiger partial charge < -0.3 is 9.88 Å². The smallest absolute Gasteiger partial charge is 0.248 e. The van der Waals surface area contributed by atoms with Crippen molar-refractivity contribution in [2.75, 3.05) is 5.32 Å². The molecule has 2 aromatic rings. The fourth-order valence-corrected chi connectivity index (χ4v) is 2.35. The molecule has 1 N–H and O–H groups in total. The molecule has 2 heterocycles. The maximum Gasteiger partial charge on any atom is 0.248 e. The second-order valence-corrected chi connectivity index (χ2v) is 5.04. The number of carbonyl (C=O) groups excluding carboxylic acids is 1. The van der Waals surface area contributed by atoms with Crippen molar-refractivity contribution in [2.24, 2.45) is 0 Å². The molecule has 0 radical (unpaired) electrons. The molecule has 0 aliphatic heterocycles. The highest BCUT2D eigenvalue weighted by atomic mass is 16.1. The number of aromatic nitrogens is 2. The van der Waals surface area contributed by atoms with Gasteiger partial charge in [0, 0.05) is 42.1 Å². The fraction of sp³-hybridized carbons (Fsp3) is 0.294. The van der Waals surface area contributed by atoms with Crippen molar-refractivity contribution in [2.45, 2.75) is 33.7 Å². The van der Waals surface area contributed by atoms with E-state index in [0.29, 0.717) is 0 Å². The maximum atomic E-state index is 11.9. The maximum absolute atomic E-state index is 11.9. The molecular weight excluding hydrogens is 262 g/mol. The first-order chi connectivity index (χ1) is 10.1. The van der Waals surface area contributed by atoms with Gasteiger partial charge in [0.1, 0.15) is 0 Å². The zero-order valence-electron chi connectivity index (χ0n) is 12.8. The lowest BCUT2D eigenvalue weighted by atomic mass is 10.2. The number of nitrogens with zero attached hydrogens (tertiary/aromatic N) is 2. The van der Waals surface area contributed by atoms with Gasteiger partial charge in [-0.05, 0) is 50.1 Å². The third-order valence-electron chi connectivity index (χ3n) is 3.42. The summed E-state index contributed by atoms with van der Waals surface area (Å²) in [6, 6.07) is 5.64. The summed E-state index contributed by atoms with van der Waals surface area (Å²) in [5.74, 6) is -0.138. The molecule has 0 saturated carbocycles. The highest BCUT2D eigenvalue weighted by Gasteiger charge is 2.06. The van der Waals surface area contributed by atoms with Gasteiger partial charge in [0.25, 0.3) is 0 Å². The van der Waals surface area contributed by atoms with Crippen LogP contribution in [0.1, 0.15) is 30.3 Å². The van der Waals surface area contributed by atoms with Gasteiger partial charge >= 0.3 is 0 Å². The molecule has 0 atom stereocenters. The molecule has 0 aliphatic carbocycles. The molecule has 21 heavy (non-hydrogen) atoms. The third kappa shape index (κ3) is 3.81. The molecule has 0 unspecified atom stereocenters. The summed E-state index contributed by atoms with van der Waals surface area (Å²) in [4.78, 5) is 15.8. The Bertz CT molecular complexity index is 642. The van der Waals surface area contributed by atoms with Gasteiger partial charge in [-0.25, -0.2) is 0 Å². The number of aryl methyl sites for hydroxylation is 1. The van der Waals surface area contributed by atoms with Crippen LogP contribution < -0.4 is 5.32 Å². The van der Waals surface area contributed by atoms with Crippen LogP contribution in [0.5, 0.6) is 0 Å². The van der Waals surface area contributed by atoms with Crippen LogP contribution in [-0.2, 0) is 11.3 Å². The van der Waals surface area contributed by atoms with Crippen LogP contribution in [-0.4, -0.2) is 15.5 Å². The lowest BCUT2D eigenvalue weighted by Gasteiger charge is -2.06. The molecular formula is C17H21N3O. The van der Waals surface area contributed by atoms with E-state index >= 15 is 0 Å². The Morgan fingerprint density at radius 1 is 1.33 bits per heavy atom. The van der Waals surface area contributed by atoms with Crippen LogP contribution in [0.25, 0.3) is 6.08 Å². The van der Waals surface area contributed by atoms with E-state index < -0.39 is 0 Å². The van der Waals surface area contributed by atoms with E-state index in [1.807, 2.05) is 6.08 Å². The number of rotatable bonds is 5. The first kappa shape index (κ1) is 15.0. The highest BCUT2D eigenvalue weighted by molar-refractivity contribution is 6.01. The minimum atomic E-state index is -0.138. The van der Waals surface area contributed by atoms with Gasteiger partial charge in [-0.1, -0.05) is 6.92 Å². The summed E-state index contributed by atoms with van der Waals surface area (Å²) < 4.78 is 2.28. The van der Waals surface area contributed by atoms with Crippen molar-refractivity contribution in [3.63, 3.8) is 0 Å². The number of amides is 1. The molecule has 4 nitrogen and oxygen atoms in total. The summed E-state index contributed by atoms with van der Waals surface area (Å²) in [7, 11) is 0. The average Bonchev–Trinajstić information content (AvgIpc) is 2.74. The third-order valence-corrected chi connectivity index (χ3v) is 3.42. The minimum absolute atomic E-state index is 0.138. The van der Waals surface area contributed by atoms with Crippen molar-refractivity contribution >= 4 is 17.7 Å². The number of hydrogen-bond acceptors (Lipinski definition) is 2. The first-order valence-electron chi connectivity index (χ1n) is 7.17. The average molecular weight is 283 g/mol. The quantitative estimate of drug-likeness (QED) is 0.853. The molecule has 2 rings (SSSR count). The Morgan fingerprint density at radius 2 is 2.05 bits per heavy atom. The lowest BCUT2D eigenvalue weighted by Crippen LogP contribution is -2.07. The predicted molar refractivity (Wildman–Crippen MR) is 86.1 cm³/mol. The summed E-state index contributed by atoms with van der Waals surface area (Å²) in [6.45, 7) is 7.35. The van der Waals surface area contributed by atoms with Gasteiger partial charge in [-0.15, -0.1) is 0 Å². The molecule has 0 aliphatic rings. The Balaban J connectivity index is 2.07. The monoisotopic (exact) mass is 283 g/mol. The van der Waals surface area contributed by atoms with Gasteiger partial charge in [-0.2, -0.15) is 0 Å². The van der Waals surface area contributed by atoms with Crippen LogP contribution in [0.15, 0.2) is 36.7 Å². The van der Waals surface area contributed by atoms with Crippen LogP contribution >= 0.6 is 0 Å². The zero-order valence-corrected chi connectivity index (χ0v) is 12.8. The molecule has 0 fully saturated rings. The highest BCUT2D eigenvalue weighted by Crippen LogP contribution is 2.17. The van der Waals surface area contributed by atoms with Gasteiger partial charge in [0.2, 0.25) is 5.91 Å². The summed E-state index contributed by atoms with van der Waals surface area (Å²) >= 11 is 0. The summed E-state index contributed by atoms with van der Waals surface area (Å²) in [6.07, 6.45) is 7.83. The SMILES string of the molecule is CCCn1c(C)cc(/C=C/C(=O)Nc2ccncc2)c1C. The van der Waals surface area contributed by atoms with Crippen LogP contribution in [0.3, 0.4) is 0 Å². The van der Waals surface area contributed by atoms with E-state index in [-0.39, 0.29) is 5.91 Å². The number of carbonyl (C=O) groups is 1. The molecule has 1 amide bonds. The minimum Gasteiger partial charge on any atom is -0.349 e. The molecule has 4 heteroatoms. The van der Waals surface area contributed by atoms with E-state index in [4.69, 9.17) is 0 Å². The van der Waals surface area contributed by atoms with Gasteiger partial charge in [-0.3, -0.25) is 9.78 Å². The predicted octanol–water partition coefficient (Wildman–Crippen LogP) is 3.56. The summed E-state index contributed by atoms with van der Waals surface area (Å²) in [5.41, 5.74) is 4.26. The van der Waals surface area contributed by atoms with E-state index in [2.05, 4.69) is 41.7 Å². The number of pyridine rings is 1. The normalized spacial score (nSPS) is 11.0. The molecule has 0 aromatic carbocycles. The summed E-state index contributed by atoms with van der Waals surface area (Å²) in [5, 5.41) is 2.81. The largest absolute Gasteiger partial charge is 0.349 e. The van der Waals surface area contributed by atoms with Crippen molar-refractivity contribution in [1.29, 1.82) is 0 Å². The molecule has 0 bridgehead atoms. The lowest BCUT2D eigenvalue weighted by molar-refractivity contribution is -0.111. The Labute approximate surface area is 125 Å². The van der Waals surface area contributed by atoms with Gasteiger partial charge in [0.15, 0.2) is 0 Å². The molecule has 0 saturated heterocycles. The zero-order chi connectivity index (χ0) is 15.2. The Hall–Kier alpha value is -2.36. The Morgan fingerprint density at radius 3 is 2.71 bits per heavy atom. The van der Waals surface area contributed by atoms with Crippen molar-refractivity contribution < 1.29 is 4.79 Å². The van der Waals surface area contributed by atoms with Crippen LogP contribution in [0, 0.1) is 13.8 Å². The van der Waals surface area contributed by atoms with E-state index in [1.54, 1.807) is 30.6 Å². The van der Waals surface area contributed by atoms with Crippen molar-refractivity contribution in [1.82, 2.24) is 9.55 Å². The Kier molecular flexibility index (Phi) is 4.93.